The largest absolute Gasteiger partial charge is 0.416 e. The molecule has 0 amide bonds. The topological polar surface area (TPSA) is 62.3 Å². The van der Waals surface area contributed by atoms with Crippen molar-refractivity contribution in [2.75, 3.05) is 50.0 Å². The third kappa shape index (κ3) is 5.80. The summed E-state index contributed by atoms with van der Waals surface area (Å²) in [6.07, 6.45) is -4.35. The van der Waals surface area contributed by atoms with Crippen LogP contribution in [0.5, 0.6) is 0 Å². The van der Waals surface area contributed by atoms with Gasteiger partial charge in [-0.1, -0.05) is 0 Å². The molecule has 2 N–H and O–H groups in total. The van der Waals surface area contributed by atoms with Gasteiger partial charge in [-0.3, -0.25) is 4.90 Å². The highest BCUT2D eigenvalue weighted by Crippen LogP contribution is 2.30. The van der Waals surface area contributed by atoms with E-state index in [1.807, 2.05) is 0 Å². The molecule has 6 nitrogen and oxygen atoms in total. The van der Waals surface area contributed by atoms with E-state index in [0.29, 0.717) is 23.1 Å². The van der Waals surface area contributed by atoms with E-state index < -0.39 is 11.7 Å². The molecule has 27 heavy (non-hydrogen) atoms. The minimum absolute atomic E-state index is 0.524. The Morgan fingerprint density at radius 2 is 1.74 bits per heavy atom. The molecule has 0 unspecified atom stereocenters. The summed E-state index contributed by atoms with van der Waals surface area (Å²) < 4.78 is 43.3. The fourth-order valence-corrected chi connectivity index (χ4v) is 2.78. The molecule has 2 aromatic rings. The number of morpholine rings is 1. The van der Waals surface area contributed by atoms with Gasteiger partial charge >= 0.3 is 6.18 Å². The van der Waals surface area contributed by atoms with Gasteiger partial charge < -0.3 is 15.4 Å². The second-order valence-corrected chi connectivity index (χ2v) is 6.27. The highest BCUT2D eigenvalue weighted by Gasteiger charge is 2.29. The molecule has 0 radical (unpaired) electrons. The predicted octanol–water partition coefficient (Wildman–Crippen LogP) is 3.29. The smallest absolute Gasteiger partial charge is 0.379 e. The Morgan fingerprint density at radius 1 is 1.07 bits per heavy atom. The van der Waals surface area contributed by atoms with Crippen molar-refractivity contribution in [3.63, 3.8) is 0 Å². The quantitative estimate of drug-likeness (QED) is 0.801. The van der Waals surface area contributed by atoms with Crippen LogP contribution in [0.1, 0.15) is 11.4 Å². The number of ether oxygens (including phenoxy) is 1. The SMILES string of the molecule is Cc1nc(NCCN2CCOCC2)cc(Nc2ccc(C(F)(F)F)cc2)n1. The molecule has 0 saturated carbocycles. The third-order valence-electron chi connectivity index (χ3n) is 4.16. The van der Waals surface area contributed by atoms with Crippen molar-refractivity contribution in [1.29, 1.82) is 0 Å². The van der Waals surface area contributed by atoms with Crippen LogP contribution in [-0.4, -0.2) is 54.3 Å². The van der Waals surface area contributed by atoms with E-state index in [0.717, 1.165) is 51.5 Å². The van der Waals surface area contributed by atoms with Crippen LogP contribution in [0.4, 0.5) is 30.5 Å². The molecule has 146 valence electrons. The maximum Gasteiger partial charge on any atom is 0.416 e. The van der Waals surface area contributed by atoms with Gasteiger partial charge in [0.15, 0.2) is 0 Å². The normalized spacial score (nSPS) is 15.6. The summed E-state index contributed by atoms with van der Waals surface area (Å²) in [6, 6.07) is 6.58. The van der Waals surface area contributed by atoms with E-state index in [2.05, 4.69) is 25.5 Å². The Bertz CT molecular complexity index is 746. The van der Waals surface area contributed by atoms with Gasteiger partial charge in [-0.25, -0.2) is 9.97 Å². The molecular formula is C18H22F3N5O. The molecule has 1 aliphatic heterocycles. The lowest BCUT2D eigenvalue weighted by Crippen LogP contribution is -2.39. The molecule has 1 aromatic carbocycles. The van der Waals surface area contributed by atoms with Crippen molar-refractivity contribution >= 4 is 17.3 Å². The van der Waals surface area contributed by atoms with Crippen LogP contribution in [0.15, 0.2) is 30.3 Å². The second kappa shape index (κ2) is 8.53. The fraction of sp³-hybridized carbons (Fsp3) is 0.444. The number of hydrogen-bond donors (Lipinski definition) is 2. The van der Waals surface area contributed by atoms with Crippen LogP contribution in [0.25, 0.3) is 0 Å². The van der Waals surface area contributed by atoms with Crippen LogP contribution >= 0.6 is 0 Å². The number of benzene rings is 1. The number of nitrogens with zero attached hydrogens (tertiary/aromatic N) is 3. The summed E-state index contributed by atoms with van der Waals surface area (Å²) >= 11 is 0. The lowest BCUT2D eigenvalue weighted by molar-refractivity contribution is -0.137. The van der Waals surface area contributed by atoms with E-state index in [4.69, 9.17) is 4.74 Å². The van der Waals surface area contributed by atoms with Crippen LogP contribution < -0.4 is 10.6 Å². The van der Waals surface area contributed by atoms with Crippen molar-refractivity contribution in [2.45, 2.75) is 13.1 Å². The Balaban J connectivity index is 1.59. The second-order valence-electron chi connectivity index (χ2n) is 6.27. The molecule has 1 aromatic heterocycles. The molecule has 0 aliphatic carbocycles. The van der Waals surface area contributed by atoms with Gasteiger partial charge in [0.2, 0.25) is 0 Å². The monoisotopic (exact) mass is 381 g/mol. The lowest BCUT2D eigenvalue weighted by Gasteiger charge is -2.26. The number of aryl methyl sites for hydroxylation is 1. The van der Waals surface area contributed by atoms with Crippen molar-refractivity contribution in [1.82, 2.24) is 14.9 Å². The van der Waals surface area contributed by atoms with E-state index in [9.17, 15) is 13.2 Å². The van der Waals surface area contributed by atoms with E-state index in [1.54, 1.807) is 13.0 Å². The highest BCUT2D eigenvalue weighted by molar-refractivity contribution is 5.59. The predicted molar refractivity (Wildman–Crippen MR) is 97.2 cm³/mol. The first-order valence-electron chi connectivity index (χ1n) is 8.74. The van der Waals surface area contributed by atoms with E-state index >= 15 is 0 Å². The Morgan fingerprint density at radius 3 is 2.41 bits per heavy atom. The summed E-state index contributed by atoms with van der Waals surface area (Å²) in [4.78, 5) is 10.9. The van der Waals surface area contributed by atoms with Crippen molar-refractivity contribution in [3.8, 4) is 0 Å². The van der Waals surface area contributed by atoms with Crippen LogP contribution in [0.2, 0.25) is 0 Å². The van der Waals surface area contributed by atoms with Crippen molar-refractivity contribution in [3.05, 3.63) is 41.7 Å². The lowest BCUT2D eigenvalue weighted by atomic mass is 10.2. The average Bonchev–Trinajstić information content (AvgIpc) is 2.62. The Kier molecular flexibility index (Phi) is 6.12. The molecule has 1 aliphatic rings. The van der Waals surface area contributed by atoms with Crippen molar-refractivity contribution < 1.29 is 17.9 Å². The van der Waals surface area contributed by atoms with Gasteiger partial charge in [-0.2, -0.15) is 13.2 Å². The highest BCUT2D eigenvalue weighted by atomic mass is 19.4. The van der Waals surface area contributed by atoms with E-state index in [1.165, 1.54) is 12.1 Å². The Labute approximate surface area is 155 Å². The first kappa shape index (κ1) is 19.4. The van der Waals surface area contributed by atoms with Crippen molar-refractivity contribution in [2.24, 2.45) is 0 Å². The summed E-state index contributed by atoms with van der Waals surface area (Å²) in [6.45, 7) is 6.74. The molecule has 0 spiro atoms. The number of nitrogens with one attached hydrogen (secondary N) is 2. The molecule has 3 rings (SSSR count). The molecule has 1 fully saturated rings. The number of hydrogen-bond acceptors (Lipinski definition) is 6. The van der Waals surface area contributed by atoms with Crippen LogP contribution in [0, 0.1) is 6.92 Å². The maximum absolute atomic E-state index is 12.6. The van der Waals surface area contributed by atoms with Gasteiger partial charge in [0.1, 0.15) is 17.5 Å². The first-order chi connectivity index (χ1) is 12.9. The molecule has 0 atom stereocenters. The molecule has 1 saturated heterocycles. The molecule has 2 heterocycles. The zero-order chi connectivity index (χ0) is 19.3. The summed E-state index contributed by atoms with van der Waals surface area (Å²) in [5.74, 6) is 1.77. The van der Waals surface area contributed by atoms with Gasteiger partial charge in [0, 0.05) is 37.9 Å². The molecule has 9 heteroatoms. The summed E-state index contributed by atoms with van der Waals surface area (Å²) in [5, 5.41) is 6.28. The van der Waals surface area contributed by atoms with Gasteiger partial charge in [-0.15, -0.1) is 0 Å². The van der Waals surface area contributed by atoms with Gasteiger partial charge in [0.05, 0.1) is 18.8 Å². The third-order valence-corrected chi connectivity index (χ3v) is 4.16. The zero-order valence-electron chi connectivity index (χ0n) is 15.0. The standard InChI is InChI=1S/C18H22F3N5O/c1-13-23-16(22-6-7-26-8-10-27-11-9-26)12-17(24-13)25-15-4-2-14(3-5-15)18(19,20)21/h2-5,12H,6-11H2,1H3,(H2,22,23,24,25). The number of anilines is 3. The van der Waals surface area contributed by atoms with E-state index in [-0.39, 0.29) is 0 Å². The fourth-order valence-electron chi connectivity index (χ4n) is 2.78. The van der Waals surface area contributed by atoms with Gasteiger partial charge in [-0.05, 0) is 31.2 Å². The first-order valence-corrected chi connectivity index (χ1v) is 8.74. The van der Waals surface area contributed by atoms with Crippen LogP contribution in [-0.2, 0) is 10.9 Å². The average molecular weight is 381 g/mol. The minimum atomic E-state index is -4.35. The maximum atomic E-state index is 12.6. The Hall–Kier alpha value is -2.39. The number of halogens is 3. The van der Waals surface area contributed by atoms with Gasteiger partial charge in [0.25, 0.3) is 0 Å². The zero-order valence-corrected chi connectivity index (χ0v) is 15.0. The van der Waals surface area contributed by atoms with Crippen LogP contribution in [0.3, 0.4) is 0 Å². The molecular weight excluding hydrogens is 359 g/mol. The minimum Gasteiger partial charge on any atom is -0.379 e. The number of rotatable bonds is 6. The number of aromatic nitrogens is 2. The summed E-state index contributed by atoms with van der Waals surface area (Å²) in [5.41, 5.74) is -0.155. The summed E-state index contributed by atoms with van der Waals surface area (Å²) in [7, 11) is 0. The molecule has 0 bridgehead atoms. The number of alkyl halides is 3.